The molecule has 4 rings (SSSR count). The number of unbranched alkanes of at least 4 members (excludes halogenated alkanes) is 1. The summed E-state index contributed by atoms with van der Waals surface area (Å²) in [6.07, 6.45) is 5.55. The average Bonchev–Trinajstić information content (AvgIpc) is 3.67. The van der Waals surface area contributed by atoms with Crippen LogP contribution in [0.25, 0.3) is 10.8 Å². The predicted octanol–water partition coefficient (Wildman–Crippen LogP) is 2.73. The number of hydrogen-bond acceptors (Lipinski definition) is 9. The number of benzene rings is 2. The molecule has 1 aromatic heterocycles. The van der Waals surface area contributed by atoms with Crippen LogP contribution >= 0.6 is 0 Å². The minimum Gasteiger partial charge on any atom is -0.481 e. The minimum absolute atomic E-state index is 0.0389. The second-order valence-electron chi connectivity index (χ2n) is 15.1. The summed E-state index contributed by atoms with van der Waals surface area (Å²) in [5.41, 5.74) is 1.63. The van der Waals surface area contributed by atoms with E-state index in [1.807, 2.05) is 42.5 Å². The molecule has 1 saturated carbocycles. The fourth-order valence-electron chi connectivity index (χ4n) is 7.20. The zero-order chi connectivity index (χ0) is 43.4. The summed E-state index contributed by atoms with van der Waals surface area (Å²) in [5, 5.41) is 50.5. The number of carboxylic acids is 3. The van der Waals surface area contributed by atoms with Gasteiger partial charge < -0.3 is 41.9 Å². The van der Waals surface area contributed by atoms with Crippen LogP contribution in [-0.4, -0.2) is 110 Å². The molecule has 18 nitrogen and oxygen atoms in total. The summed E-state index contributed by atoms with van der Waals surface area (Å²) < 4.78 is 14.2. The van der Waals surface area contributed by atoms with Crippen molar-refractivity contribution in [3.8, 4) is 0 Å². The molecule has 1 fully saturated rings. The fourth-order valence-corrected chi connectivity index (χ4v) is 7.20. The Hall–Kier alpha value is -6.14. The van der Waals surface area contributed by atoms with Crippen molar-refractivity contribution in [3.63, 3.8) is 0 Å². The van der Waals surface area contributed by atoms with Crippen molar-refractivity contribution >= 4 is 52.4 Å². The maximum Gasteiger partial charge on any atom is 0.326 e. The van der Waals surface area contributed by atoms with Crippen molar-refractivity contribution in [1.29, 1.82) is 0 Å². The average molecular weight is 839 g/mol. The number of halogens is 1. The van der Waals surface area contributed by atoms with E-state index >= 15 is 0 Å². The first-order valence-electron chi connectivity index (χ1n) is 20.3. The number of urea groups is 1. The predicted molar refractivity (Wildman–Crippen MR) is 215 cm³/mol. The van der Waals surface area contributed by atoms with E-state index in [0.717, 1.165) is 34.9 Å². The van der Waals surface area contributed by atoms with Gasteiger partial charge in [0.15, 0.2) is 0 Å². The van der Waals surface area contributed by atoms with E-state index in [1.165, 1.54) is 4.68 Å². The lowest BCUT2D eigenvalue weighted by Crippen LogP contribution is -2.51. The number of carbonyl (C=O) groups excluding carboxylic acids is 4. The molecule has 326 valence electrons. The maximum absolute atomic E-state index is 13.6. The molecule has 3 aromatic rings. The van der Waals surface area contributed by atoms with Crippen LogP contribution in [0.4, 0.5) is 9.18 Å². The molecule has 2 aromatic carbocycles. The van der Waals surface area contributed by atoms with Gasteiger partial charge in [-0.05, 0) is 86.5 Å². The molecule has 0 saturated heterocycles. The summed E-state index contributed by atoms with van der Waals surface area (Å²) in [7, 11) is 0. The number of nitrogens with one attached hydrogen (secondary N) is 5. The van der Waals surface area contributed by atoms with Gasteiger partial charge in [0.1, 0.15) is 24.8 Å². The highest BCUT2D eigenvalue weighted by Crippen LogP contribution is 2.29. The Bertz CT molecular complexity index is 1940. The molecule has 60 heavy (non-hydrogen) atoms. The third-order valence-electron chi connectivity index (χ3n) is 10.6. The van der Waals surface area contributed by atoms with Crippen LogP contribution in [-0.2, 0) is 48.2 Å². The van der Waals surface area contributed by atoms with E-state index in [9.17, 15) is 48.2 Å². The first-order chi connectivity index (χ1) is 28.8. The highest BCUT2D eigenvalue weighted by Gasteiger charge is 2.30. The largest absolute Gasteiger partial charge is 0.481 e. The summed E-state index contributed by atoms with van der Waals surface area (Å²) in [6, 6.07) is 8.75. The minimum atomic E-state index is -1.53. The molecule has 8 N–H and O–H groups in total. The lowest BCUT2D eigenvalue weighted by Gasteiger charge is -2.29. The molecule has 3 unspecified atom stereocenters. The topological polar surface area (TPSA) is 271 Å². The van der Waals surface area contributed by atoms with Crippen LogP contribution < -0.4 is 26.6 Å². The Kier molecular flexibility index (Phi) is 18.7. The van der Waals surface area contributed by atoms with Crippen molar-refractivity contribution in [2.45, 2.75) is 108 Å². The Morgan fingerprint density at radius 1 is 0.783 bits per heavy atom. The highest BCUT2D eigenvalue weighted by atomic mass is 19.1. The van der Waals surface area contributed by atoms with Gasteiger partial charge in [0.25, 0.3) is 0 Å². The summed E-state index contributed by atoms with van der Waals surface area (Å²) in [4.78, 5) is 86.1. The summed E-state index contributed by atoms with van der Waals surface area (Å²) in [5.74, 6) is -4.90. The van der Waals surface area contributed by atoms with Crippen LogP contribution in [0.15, 0.2) is 48.7 Å². The van der Waals surface area contributed by atoms with Gasteiger partial charge in [-0.2, -0.15) is 0 Å². The number of fused-ring (bicyclic) bond motifs is 1. The van der Waals surface area contributed by atoms with E-state index in [-0.39, 0.29) is 62.4 Å². The zero-order valence-corrected chi connectivity index (χ0v) is 33.4. The van der Waals surface area contributed by atoms with E-state index in [1.54, 1.807) is 6.20 Å². The van der Waals surface area contributed by atoms with Gasteiger partial charge in [0, 0.05) is 38.3 Å². The molecule has 1 heterocycles. The van der Waals surface area contributed by atoms with Gasteiger partial charge in [-0.25, -0.2) is 23.5 Å². The van der Waals surface area contributed by atoms with Crippen LogP contribution in [0.5, 0.6) is 0 Å². The van der Waals surface area contributed by atoms with E-state index < -0.39 is 61.1 Å². The molecule has 0 aliphatic heterocycles. The molecule has 0 bridgehead atoms. The molecule has 0 spiro atoms. The number of rotatable bonds is 25. The van der Waals surface area contributed by atoms with Gasteiger partial charge in [-0.1, -0.05) is 47.7 Å². The summed E-state index contributed by atoms with van der Waals surface area (Å²) >= 11 is 0. The maximum atomic E-state index is 13.6. The first kappa shape index (κ1) is 46.5. The van der Waals surface area contributed by atoms with Crippen LogP contribution in [0.2, 0.25) is 0 Å². The third-order valence-corrected chi connectivity index (χ3v) is 10.6. The number of aryl methyl sites for hydroxylation is 2. The number of alkyl halides is 1. The fraction of sp³-hybridized carbons (Fsp3) is 0.537. The molecule has 0 radical (unpaired) electrons. The standard InChI is InChI=1S/C41H55FN8O10/c42-19-21-50-31(25-45-49-50)8-5-10-35(51)44-24-26-11-15-29(16-12-26)37(54)46-34(23-27-13-14-28-6-1-2-7-30(28)22-27)38(55)43-20-4-3-9-32(39(56)57)47-41(60)48-33(40(58)59)17-18-36(52)53/h1-2,6-7,13-14,22,25-26,29,32-34H,3-5,8-12,15-21,23-24H2,(H,43,55)(H,44,51)(H,46,54)(H,52,53)(H,56,57)(H,58,59)(H2,47,48,60). The Morgan fingerprint density at radius 3 is 2.17 bits per heavy atom. The van der Waals surface area contributed by atoms with E-state index in [4.69, 9.17) is 5.11 Å². The number of hydrogen-bond donors (Lipinski definition) is 8. The quantitative estimate of drug-likeness (QED) is 0.0573. The first-order valence-corrected chi connectivity index (χ1v) is 20.3. The van der Waals surface area contributed by atoms with Crippen molar-refractivity contribution in [2.24, 2.45) is 11.8 Å². The lowest BCUT2D eigenvalue weighted by atomic mass is 9.81. The normalized spacial score (nSPS) is 16.5. The molecule has 1 aliphatic rings. The lowest BCUT2D eigenvalue weighted by molar-refractivity contribution is -0.141. The number of aliphatic carboxylic acids is 3. The second kappa shape index (κ2) is 24.1. The van der Waals surface area contributed by atoms with Crippen LogP contribution in [0, 0.1) is 11.8 Å². The Balaban J connectivity index is 1.24. The van der Waals surface area contributed by atoms with Crippen LogP contribution in [0.3, 0.4) is 0 Å². The van der Waals surface area contributed by atoms with Crippen molar-refractivity contribution in [2.75, 3.05) is 19.8 Å². The van der Waals surface area contributed by atoms with E-state index in [2.05, 4.69) is 36.9 Å². The smallest absolute Gasteiger partial charge is 0.326 e. The third kappa shape index (κ3) is 15.6. The molecule has 5 amide bonds. The van der Waals surface area contributed by atoms with Gasteiger partial charge in [0.05, 0.1) is 18.4 Å². The Labute approximate surface area is 346 Å². The van der Waals surface area contributed by atoms with Gasteiger partial charge >= 0.3 is 23.9 Å². The SMILES string of the molecule is O=C(O)CCC(NC(=O)NC(CCCCNC(=O)C(Cc1ccc2ccccc2c1)NC(=O)C1CCC(CNC(=O)CCCc2cnnn2CCF)CC1)C(=O)O)C(=O)O. The number of carbonyl (C=O) groups is 7. The number of carboxylic acid groups (broad SMARTS) is 3. The van der Waals surface area contributed by atoms with Crippen LogP contribution in [0.1, 0.15) is 81.9 Å². The zero-order valence-electron chi connectivity index (χ0n) is 33.4. The molecular formula is C41H55FN8O10. The summed E-state index contributed by atoms with van der Waals surface area (Å²) in [6.45, 7) is 0.233. The van der Waals surface area contributed by atoms with Gasteiger partial charge in [-0.3, -0.25) is 19.2 Å². The second-order valence-corrected chi connectivity index (χ2v) is 15.1. The van der Waals surface area contributed by atoms with Crippen molar-refractivity contribution in [1.82, 2.24) is 41.6 Å². The molecule has 19 heteroatoms. The molecule has 3 atom stereocenters. The van der Waals surface area contributed by atoms with Gasteiger partial charge in [0.2, 0.25) is 17.7 Å². The number of aromatic nitrogens is 3. The Morgan fingerprint density at radius 2 is 1.48 bits per heavy atom. The van der Waals surface area contributed by atoms with Crippen molar-refractivity contribution < 1.29 is 53.3 Å². The monoisotopic (exact) mass is 838 g/mol. The van der Waals surface area contributed by atoms with Crippen molar-refractivity contribution in [3.05, 3.63) is 59.9 Å². The number of amides is 5. The molecule has 1 aliphatic carbocycles. The number of nitrogens with zero attached hydrogens (tertiary/aromatic N) is 3. The van der Waals surface area contributed by atoms with E-state index in [0.29, 0.717) is 45.1 Å². The van der Waals surface area contributed by atoms with Gasteiger partial charge in [-0.15, -0.1) is 5.10 Å². The molecular weight excluding hydrogens is 783 g/mol. The highest BCUT2D eigenvalue weighted by molar-refractivity contribution is 5.89.